The lowest BCUT2D eigenvalue weighted by molar-refractivity contribution is -0.137. The maximum Gasteiger partial charge on any atom is 0.407 e. The van der Waals surface area contributed by atoms with Crippen LogP contribution in [0.4, 0.5) is 4.79 Å². The lowest BCUT2D eigenvalue weighted by Crippen LogP contribution is -2.31. The Bertz CT molecular complexity index is 1120. The number of rotatable bonds is 7. The van der Waals surface area contributed by atoms with Crippen LogP contribution in [0.1, 0.15) is 59.4 Å². The molecule has 5 nitrogen and oxygen atoms in total. The van der Waals surface area contributed by atoms with Crippen molar-refractivity contribution in [3.8, 4) is 11.1 Å². The fourth-order valence-electron chi connectivity index (χ4n) is 4.66. The molecular weight excluding hydrogens is 402 g/mol. The topological polar surface area (TPSA) is 75.6 Å². The number of aliphatic carboxylic acids is 1. The Morgan fingerprint density at radius 2 is 1.59 bits per heavy atom. The van der Waals surface area contributed by atoms with Crippen LogP contribution in [-0.4, -0.2) is 23.8 Å². The van der Waals surface area contributed by atoms with E-state index in [0.29, 0.717) is 5.92 Å². The third-order valence-electron chi connectivity index (χ3n) is 6.38. The van der Waals surface area contributed by atoms with E-state index in [2.05, 4.69) is 35.6 Å². The zero-order chi connectivity index (χ0) is 22.1. The summed E-state index contributed by atoms with van der Waals surface area (Å²) in [6, 6.07) is 23.5. The molecule has 0 radical (unpaired) electrons. The molecule has 1 fully saturated rings. The summed E-state index contributed by atoms with van der Waals surface area (Å²) in [4.78, 5) is 24.1. The van der Waals surface area contributed by atoms with Gasteiger partial charge in [-0.3, -0.25) is 4.79 Å². The molecule has 0 spiro atoms. The minimum Gasteiger partial charge on any atom is -0.481 e. The summed E-state index contributed by atoms with van der Waals surface area (Å²) in [6.07, 6.45) is 1.52. The van der Waals surface area contributed by atoms with Gasteiger partial charge in [0.2, 0.25) is 0 Å². The van der Waals surface area contributed by atoms with Gasteiger partial charge in [0, 0.05) is 5.92 Å². The van der Waals surface area contributed by atoms with Crippen LogP contribution in [0.25, 0.3) is 11.1 Å². The van der Waals surface area contributed by atoms with Crippen LogP contribution in [0.3, 0.4) is 0 Å². The van der Waals surface area contributed by atoms with Gasteiger partial charge in [-0.05, 0) is 52.1 Å². The average molecular weight is 428 g/mol. The normalized spacial score (nSPS) is 15.5. The highest BCUT2D eigenvalue weighted by Gasteiger charge is 2.30. The number of alkyl carbamates (subject to hydrolysis) is 1. The highest BCUT2D eigenvalue weighted by molar-refractivity contribution is 5.79. The molecule has 162 valence electrons. The predicted molar refractivity (Wildman–Crippen MR) is 122 cm³/mol. The van der Waals surface area contributed by atoms with Gasteiger partial charge in [0.05, 0.1) is 12.5 Å². The van der Waals surface area contributed by atoms with Gasteiger partial charge in [-0.1, -0.05) is 72.8 Å². The first-order valence-corrected chi connectivity index (χ1v) is 11.0. The lowest BCUT2D eigenvalue weighted by atomic mass is 9.98. The number of ether oxygens (including phenoxy) is 1. The zero-order valence-electron chi connectivity index (χ0n) is 17.7. The van der Waals surface area contributed by atoms with E-state index in [4.69, 9.17) is 4.74 Å². The molecule has 2 N–H and O–H groups in total. The van der Waals surface area contributed by atoms with Crippen molar-refractivity contribution in [2.45, 2.75) is 37.1 Å². The first-order chi connectivity index (χ1) is 15.6. The number of carbonyl (C=O) groups is 2. The van der Waals surface area contributed by atoms with Crippen LogP contribution < -0.4 is 5.32 Å². The Morgan fingerprint density at radius 3 is 2.22 bits per heavy atom. The third kappa shape index (κ3) is 4.11. The van der Waals surface area contributed by atoms with E-state index in [1.165, 1.54) is 5.56 Å². The molecule has 3 aromatic rings. The van der Waals surface area contributed by atoms with E-state index in [1.54, 1.807) is 0 Å². The van der Waals surface area contributed by atoms with Crippen LogP contribution in [0.5, 0.6) is 0 Å². The van der Waals surface area contributed by atoms with Crippen molar-refractivity contribution in [2.75, 3.05) is 6.61 Å². The van der Waals surface area contributed by atoms with Crippen molar-refractivity contribution in [1.82, 2.24) is 5.32 Å². The Morgan fingerprint density at radius 1 is 0.938 bits per heavy atom. The van der Waals surface area contributed by atoms with Gasteiger partial charge < -0.3 is 15.2 Å². The second-order valence-electron chi connectivity index (χ2n) is 8.56. The molecule has 0 aromatic heterocycles. The summed E-state index contributed by atoms with van der Waals surface area (Å²) in [5, 5.41) is 12.2. The second kappa shape index (κ2) is 8.50. The number of fused-ring (bicyclic) bond motifs is 3. The van der Waals surface area contributed by atoms with E-state index < -0.39 is 18.1 Å². The van der Waals surface area contributed by atoms with Crippen molar-refractivity contribution < 1.29 is 19.4 Å². The fourth-order valence-corrected chi connectivity index (χ4v) is 4.66. The molecule has 0 saturated heterocycles. The van der Waals surface area contributed by atoms with Crippen LogP contribution in [0.15, 0.2) is 72.8 Å². The van der Waals surface area contributed by atoms with Gasteiger partial charge in [-0.15, -0.1) is 0 Å². The van der Waals surface area contributed by atoms with Crippen molar-refractivity contribution in [1.29, 1.82) is 0 Å². The Labute approximate surface area is 187 Å². The minimum atomic E-state index is -0.967. The number of carboxylic acid groups (broad SMARTS) is 1. The monoisotopic (exact) mass is 427 g/mol. The molecule has 3 aromatic carbocycles. The van der Waals surface area contributed by atoms with Crippen LogP contribution >= 0.6 is 0 Å². The molecule has 1 saturated carbocycles. The fraction of sp³-hybridized carbons (Fsp3) is 0.259. The molecule has 2 aliphatic carbocycles. The summed E-state index contributed by atoms with van der Waals surface area (Å²) in [5.74, 6) is -0.454. The molecule has 1 atom stereocenters. The van der Waals surface area contributed by atoms with E-state index in [9.17, 15) is 14.7 Å². The van der Waals surface area contributed by atoms with Gasteiger partial charge in [-0.25, -0.2) is 4.79 Å². The van der Waals surface area contributed by atoms with Crippen LogP contribution in [-0.2, 0) is 9.53 Å². The second-order valence-corrected chi connectivity index (χ2v) is 8.56. The predicted octanol–water partition coefficient (Wildman–Crippen LogP) is 5.62. The van der Waals surface area contributed by atoms with Gasteiger partial charge in [-0.2, -0.15) is 0 Å². The van der Waals surface area contributed by atoms with E-state index in [0.717, 1.165) is 40.7 Å². The molecule has 0 heterocycles. The SMILES string of the molecule is O=C(O)C[C@H](NC(=O)OCC1c2ccccc2-c2ccccc21)c1cccc(C2CC2)c1. The standard InChI is InChI=1S/C27H25NO4/c29-26(30)15-25(19-7-5-6-18(14-19)17-12-13-17)28-27(31)32-16-24-22-10-3-1-8-20(22)21-9-2-4-11-23(21)24/h1-11,14,17,24-25H,12-13,15-16H2,(H,28,31)(H,29,30)/t25-/m0/s1. The Kier molecular flexibility index (Phi) is 5.39. The summed E-state index contributed by atoms with van der Waals surface area (Å²) in [7, 11) is 0. The Hall–Kier alpha value is -3.60. The molecule has 0 bridgehead atoms. The number of hydrogen-bond acceptors (Lipinski definition) is 3. The molecule has 0 aliphatic heterocycles. The van der Waals surface area contributed by atoms with Crippen molar-refractivity contribution in [2.24, 2.45) is 0 Å². The van der Waals surface area contributed by atoms with E-state index in [-0.39, 0.29) is 18.9 Å². The minimum absolute atomic E-state index is 0.0377. The highest BCUT2D eigenvalue weighted by atomic mass is 16.5. The summed E-state index contributed by atoms with van der Waals surface area (Å²) in [6.45, 7) is 0.196. The maximum absolute atomic E-state index is 12.7. The van der Waals surface area contributed by atoms with Crippen molar-refractivity contribution >= 4 is 12.1 Å². The molecule has 5 heteroatoms. The smallest absolute Gasteiger partial charge is 0.407 e. The molecule has 32 heavy (non-hydrogen) atoms. The van der Waals surface area contributed by atoms with Crippen molar-refractivity contribution in [3.63, 3.8) is 0 Å². The largest absolute Gasteiger partial charge is 0.481 e. The van der Waals surface area contributed by atoms with Gasteiger partial charge in [0.1, 0.15) is 6.61 Å². The first kappa shape index (κ1) is 20.3. The number of nitrogens with one attached hydrogen (secondary N) is 1. The van der Waals surface area contributed by atoms with Gasteiger partial charge in [0.15, 0.2) is 0 Å². The molecule has 1 amide bonds. The quantitative estimate of drug-likeness (QED) is 0.513. The van der Waals surface area contributed by atoms with Crippen LogP contribution in [0.2, 0.25) is 0 Å². The van der Waals surface area contributed by atoms with Crippen molar-refractivity contribution in [3.05, 3.63) is 95.1 Å². The number of carboxylic acids is 1. The van der Waals surface area contributed by atoms with E-state index in [1.807, 2.05) is 42.5 Å². The molecular formula is C27H25NO4. The first-order valence-electron chi connectivity index (χ1n) is 11.0. The Balaban J connectivity index is 1.30. The molecule has 2 aliphatic rings. The van der Waals surface area contributed by atoms with Crippen LogP contribution in [0, 0.1) is 0 Å². The van der Waals surface area contributed by atoms with E-state index >= 15 is 0 Å². The highest BCUT2D eigenvalue weighted by Crippen LogP contribution is 2.44. The number of amides is 1. The lowest BCUT2D eigenvalue weighted by Gasteiger charge is -2.20. The molecule has 5 rings (SSSR count). The summed E-state index contributed by atoms with van der Waals surface area (Å²) < 4.78 is 5.62. The van der Waals surface area contributed by atoms with Gasteiger partial charge in [0.25, 0.3) is 0 Å². The maximum atomic E-state index is 12.7. The third-order valence-corrected chi connectivity index (χ3v) is 6.38. The molecule has 0 unspecified atom stereocenters. The zero-order valence-corrected chi connectivity index (χ0v) is 17.7. The number of benzene rings is 3. The van der Waals surface area contributed by atoms with Gasteiger partial charge >= 0.3 is 12.1 Å². The average Bonchev–Trinajstić information content (AvgIpc) is 3.60. The summed E-state index contributed by atoms with van der Waals surface area (Å²) in [5.41, 5.74) is 6.61. The number of hydrogen-bond donors (Lipinski definition) is 2. The number of carbonyl (C=O) groups excluding carboxylic acids is 1. The summed E-state index contributed by atoms with van der Waals surface area (Å²) >= 11 is 0.